The molecule has 0 bridgehead atoms. The van der Waals surface area contributed by atoms with E-state index in [0.29, 0.717) is 5.69 Å². The summed E-state index contributed by atoms with van der Waals surface area (Å²) < 4.78 is 0. The third-order valence-corrected chi connectivity index (χ3v) is 3.11. The van der Waals surface area contributed by atoms with Crippen molar-refractivity contribution in [2.45, 2.75) is 45.8 Å². The normalized spacial score (nSPS) is 15.8. The van der Waals surface area contributed by atoms with Crippen molar-refractivity contribution in [3.05, 3.63) is 42.0 Å². The Balaban J connectivity index is 2.24. The zero-order chi connectivity index (χ0) is 16.5. The summed E-state index contributed by atoms with van der Waals surface area (Å²) in [5, 5.41) is 0. The van der Waals surface area contributed by atoms with Gasteiger partial charge >= 0.3 is 0 Å². The molecule has 0 atom stereocenters. The molecule has 0 unspecified atom stereocenters. The van der Waals surface area contributed by atoms with Gasteiger partial charge in [-0.3, -0.25) is 9.59 Å². The maximum absolute atomic E-state index is 11.8. The van der Waals surface area contributed by atoms with E-state index < -0.39 is 11.2 Å². The number of benzene rings is 1. The van der Waals surface area contributed by atoms with E-state index in [2.05, 4.69) is 0 Å². The molecule has 2 rings (SSSR count). The molecule has 22 heavy (non-hydrogen) atoms. The van der Waals surface area contributed by atoms with Crippen LogP contribution in [0.1, 0.15) is 40.2 Å². The van der Waals surface area contributed by atoms with Gasteiger partial charge in [0.2, 0.25) is 0 Å². The molecule has 118 valence electrons. The van der Waals surface area contributed by atoms with E-state index >= 15 is 0 Å². The fourth-order valence-corrected chi connectivity index (χ4v) is 1.95. The Bertz CT molecular complexity index is 608. The second-order valence-corrected chi connectivity index (χ2v) is 6.68. The predicted molar refractivity (Wildman–Crippen MR) is 83.0 cm³/mol. The van der Waals surface area contributed by atoms with Crippen LogP contribution in [0.5, 0.6) is 0 Å². The van der Waals surface area contributed by atoms with Gasteiger partial charge in [0.25, 0.3) is 11.8 Å². The molecule has 1 aliphatic rings. The van der Waals surface area contributed by atoms with E-state index in [0.717, 1.165) is 10.5 Å². The van der Waals surface area contributed by atoms with Gasteiger partial charge in [0.15, 0.2) is 0 Å². The van der Waals surface area contributed by atoms with Gasteiger partial charge in [0.05, 0.1) is 11.3 Å². The van der Waals surface area contributed by atoms with Crippen molar-refractivity contribution in [3.8, 4) is 0 Å². The summed E-state index contributed by atoms with van der Waals surface area (Å²) in [6, 6.07) is 7.13. The van der Waals surface area contributed by atoms with Gasteiger partial charge in [-0.2, -0.15) is 0 Å². The minimum Gasteiger partial charge on any atom is -0.269 e. The highest BCUT2D eigenvalue weighted by Crippen LogP contribution is 2.30. The first kappa shape index (κ1) is 16.4. The number of hydrogen-bond acceptors (Lipinski definition) is 4. The zero-order valence-corrected chi connectivity index (χ0v) is 13.5. The standard InChI is InChI=1S/C17H21NO4/c1-16(2,3)21-22-17(4,5)12-7-6-8-13(11-12)18-14(19)9-10-15(18)20/h6-11H,1-5H3. The first-order valence-corrected chi connectivity index (χ1v) is 7.14. The van der Waals surface area contributed by atoms with Crippen molar-refractivity contribution >= 4 is 17.5 Å². The summed E-state index contributed by atoms with van der Waals surface area (Å²) in [7, 11) is 0. The van der Waals surface area contributed by atoms with Gasteiger partial charge in [0, 0.05) is 12.2 Å². The summed E-state index contributed by atoms with van der Waals surface area (Å²) >= 11 is 0. The first-order chi connectivity index (χ1) is 10.1. The topological polar surface area (TPSA) is 55.8 Å². The highest BCUT2D eigenvalue weighted by molar-refractivity contribution is 6.28. The van der Waals surface area contributed by atoms with E-state index in [-0.39, 0.29) is 11.8 Å². The van der Waals surface area contributed by atoms with Crippen LogP contribution in [-0.4, -0.2) is 17.4 Å². The minimum atomic E-state index is -0.720. The Morgan fingerprint density at radius 3 is 2.05 bits per heavy atom. The Morgan fingerprint density at radius 2 is 1.50 bits per heavy atom. The van der Waals surface area contributed by atoms with E-state index in [1.54, 1.807) is 18.2 Å². The molecule has 1 aromatic rings. The fraction of sp³-hybridized carbons (Fsp3) is 0.412. The SMILES string of the molecule is CC(C)(C)OOC(C)(C)c1cccc(N2C(=O)C=CC2=O)c1. The summed E-state index contributed by atoms with van der Waals surface area (Å²) in [5.41, 5.74) is 0.175. The molecule has 1 aromatic carbocycles. The Labute approximate surface area is 130 Å². The lowest BCUT2D eigenvalue weighted by Gasteiger charge is -2.29. The van der Waals surface area contributed by atoms with Crippen LogP contribution >= 0.6 is 0 Å². The Morgan fingerprint density at radius 1 is 0.909 bits per heavy atom. The van der Waals surface area contributed by atoms with Gasteiger partial charge in [-0.05, 0) is 52.3 Å². The number of rotatable bonds is 4. The molecule has 0 aliphatic carbocycles. The van der Waals surface area contributed by atoms with Crippen LogP contribution in [-0.2, 0) is 25.0 Å². The zero-order valence-electron chi connectivity index (χ0n) is 13.5. The average molecular weight is 303 g/mol. The third-order valence-electron chi connectivity index (χ3n) is 3.11. The highest BCUT2D eigenvalue weighted by atomic mass is 17.2. The number of imide groups is 1. The molecule has 1 aliphatic heterocycles. The van der Waals surface area contributed by atoms with Crippen LogP contribution in [0.15, 0.2) is 36.4 Å². The van der Waals surface area contributed by atoms with Gasteiger partial charge in [-0.1, -0.05) is 12.1 Å². The largest absolute Gasteiger partial charge is 0.269 e. The van der Waals surface area contributed by atoms with Gasteiger partial charge < -0.3 is 0 Å². The number of anilines is 1. The average Bonchev–Trinajstić information content (AvgIpc) is 2.76. The van der Waals surface area contributed by atoms with E-state index in [1.807, 2.05) is 40.7 Å². The number of carbonyl (C=O) groups excluding carboxylic acids is 2. The highest BCUT2D eigenvalue weighted by Gasteiger charge is 2.29. The molecule has 5 heteroatoms. The molecule has 0 saturated carbocycles. The Kier molecular flexibility index (Phi) is 4.22. The second kappa shape index (κ2) is 5.66. The van der Waals surface area contributed by atoms with Crippen LogP contribution in [0, 0.1) is 0 Å². The van der Waals surface area contributed by atoms with E-state index in [4.69, 9.17) is 9.78 Å². The monoisotopic (exact) mass is 303 g/mol. The molecule has 2 amide bonds. The second-order valence-electron chi connectivity index (χ2n) is 6.68. The summed E-state index contributed by atoms with van der Waals surface area (Å²) in [6.45, 7) is 9.42. The van der Waals surface area contributed by atoms with Crippen LogP contribution in [0.2, 0.25) is 0 Å². The van der Waals surface area contributed by atoms with Crippen molar-refractivity contribution in [2.75, 3.05) is 4.90 Å². The van der Waals surface area contributed by atoms with Gasteiger partial charge in [0.1, 0.15) is 5.60 Å². The van der Waals surface area contributed by atoms with Crippen LogP contribution in [0.25, 0.3) is 0 Å². The Hall–Kier alpha value is -1.98. The summed E-state index contributed by atoms with van der Waals surface area (Å²) in [5.74, 6) is -0.682. The van der Waals surface area contributed by atoms with Crippen molar-refractivity contribution < 1.29 is 19.4 Å². The summed E-state index contributed by atoms with van der Waals surface area (Å²) in [4.78, 5) is 35.6. The molecular formula is C17H21NO4. The van der Waals surface area contributed by atoms with Crippen molar-refractivity contribution in [3.63, 3.8) is 0 Å². The molecule has 0 fully saturated rings. The van der Waals surface area contributed by atoms with E-state index in [1.165, 1.54) is 12.2 Å². The molecule has 0 saturated heterocycles. The summed E-state index contributed by atoms with van der Waals surface area (Å²) in [6.07, 6.45) is 2.53. The molecular weight excluding hydrogens is 282 g/mol. The molecule has 0 radical (unpaired) electrons. The van der Waals surface area contributed by atoms with Crippen molar-refractivity contribution in [2.24, 2.45) is 0 Å². The van der Waals surface area contributed by atoms with Crippen LogP contribution in [0.4, 0.5) is 5.69 Å². The fourth-order valence-electron chi connectivity index (χ4n) is 1.95. The number of carbonyl (C=O) groups is 2. The van der Waals surface area contributed by atoms with Gasteiger partial charge in [-0.25, -0.2) is 14.7 Å². The van der Waals surface area contributed by atoms with E-state index in [9.17, 15) is 9.59 Å². The predicted octanol–water partition coefficient (Wildman–Crippen LogP) is 3.10. The maximum Gasteiger partial charge on any atom is 0.258 e. The lowest BCUT2D eigenvalue weighted by atomic mass is 9.97. The molecule has 1 heterocycles. The molecule has 5 nitrogen and oxygen atoms in total. The maximum atomic E-state index is 11.8. The molecule has 0 aromatic heterocycles. The molecule has 0 N–H and O–H groups in total. The lowest BCUT2D eigenvalue weighted by Crippen LogP contribution is -2.31. The minimum absolute atomic E-state index is 0.341. The lowest BCUT2D eigenvalue weighted by molar-refractivity contribution is -0.401. The number of nitrogens with zero attached hydrogens (tertiary/aromatic N) is 1. The number of amides is 2. The first-order valence-electron chi connectivity index (χ1n) is 7.14. The van der Waals surface area contributed by atoms with Crippen molar-refractivity contribution in [1.29, 1.82) is 0 Å². The van der Waals surface area contributed by atoms with Gasteiger partial charge in [-0.15, -0.1) is 0 Å². The third kappa shape index (κ3) is 3.61. The number of hydrogen-bond donors (Lipinski definition) is 0. The molecule has 0 spiro atoms. The quantitative estimate of drug-likeness (QED) is 0.487. The van der Waals surface area contributed by atoms with Crippen LogP contribution in [0.3, 0.4) is 0 Å². The van der Waals surface area contributed by atoms with Crippen LogP contribution < -0.4 is 4.90 Å². The smallest absolute Gasteiger partial charge is 0.258 e. The van der Waals surface area contributed by atoms with Crippen molar-refractivity contribution in [1.82, 2.24) is 0 Å².